The van der Waals surface area contributed by atoms with Gasteiger partial charge >= 0.3 is 6.01 Å². The molecule has 114 valence electrons. The third-order valence-electron chi connectivity index (χ3n) is 3.04. The van der Waals surface area contributed by atoms with Crippen molar-refractivity contribution in [3.05, 3.63) is 48.3 Å². The molecule has 1 aromatic carbocycles. The molecule has 0 aliphatic carbocycles. The van der Waals surface area contributed by atoms with Crippen LogP contribution in [0, 0.1) is 0 Å². The van der Waals surface area contributed by atoms with Crippen molar-refractivity contribution in [3.8, 4) is 10.6 Å². The number of oxazole rings is 1. The zero-order valence-corrected chi connectivity index (χ0v) is 13.3. The van der Waals surface area contributed by atoms with Gasteiger partial charge in [-0.2, -0.15) is 0 Å². The molecule has 0 N–H and O–H groups in total. The zero-order valence-electron chi connectivity index (χ0n) is 11.7. The predicted octanol–water partition coefficient (Wildman–Crippen LogP) is 3.01. The predicted molar refractivity (Wildman–Crippen MR) is 84.3 cm³/mol. The fraction of sp³-hybridized carbons (Fsp3) is 0.143. The summed E-state index contributed by atoms with van der Waals surface area (Å²) in [6.07, 6.45) is 4.48. The lowest BCUT2D eigenvalue weighted by Gasteiger charge is -2.18. The highest BCUT2D eigenvalue weighted by Gasteiger charge is 2.26. The molecule has 2 heterocycles. The number of anilines is 1. The molecule has 0 aliphatic heterocycles. The van der Waals surface area contributed by atoms with Crippen LogP contribution in [0.25, 0.3) is 10.6 Å². The van der Waals surface area contributed by atoms with Gasteiger partial charge in [-0.05, 0) is 19.1 Å². The molecule has 22 heavy (non-hydrogen) atoms. The smallest absolute Gasteiger partial charge is 0.311 e. The summed E-state index contributed by atoms with van der Waals surface area (Å²) in [7, 11) is -3.70. The Kier molecular flexibility index (Phi) is 3.95. The molecule has 0 aliphatic rings. The Morgan fingerprint density at radius 2 is 1.95 bits per heavy atom. The number of sulfonamides is 1. The largest absolute Gasteiger partial charge is 0.431 e. The Balaban J connectivity index is 1.95. The molecule has 0 unspecified atom stereocenters. The van der Waals surface area contributed by atoms with E-state index in [1.807, 2.05) is 5.38 Å². The van der Waals surface area contributed by atoms with Crippen LogP contribution in [0.5, 0.6) is 0 Å². The van der Waals surface area contributed by atoms with Crippen molar-refractivity contribution in [2.75, 3.05) is 10.8 Å². The normalized spacial score (nSPS) is 11.5. The van der Waals surface area contributed by atoms with Crippen molar-refractivity contribution in [3.63, 3.8) is 0 Å². The lowest BCUT2D eigenvalue weighted by molar-refractivity contribution is 0.545. The summed E-state index contributed by atoms with van der Waals surface area (Å²) in [6.45, 7) is 1.96. The van der Waals surface area contributed by atoms with Gasteiger partial charge in [-0.15, -0.1) is 11.3 Å². The standard InChI is InChI=1S/C14H13N3O3S2/c1-2-17(14-16-7-9-20-14)22(18,19)12-5-3-11(4-6-12)13-15-8-10-21-13/h3-10H,2H2,1H3. The first kappa shape index (κ1) is 14.7. The molecule has 0 bridgehead atoms. The maximum Gasteiger partial charge on any atom is 0.311 e. The van der Waals surface area contributed by atoms with Crippen LogP contribution >= 0.6 is 11.3 Å². The number of nitrogens with zero attached hydrogens (tertiary/aromatic N) is 3. The zero-order chi connectivity index (χ0) is 15.6. The highest BCUT2D eigenvalue weighted by molar-refractivity contribution is 7.92. The van der Waals surface area contributed by atoms with Crippen molar-refractivity contribution >= 4 is 27.4 Å². The minimum atomic E-state index is -3.70. The second kappa shape index (κ2) is 5.90. The van der Waals surface area contributed by atoms with Gasteiger partial charge in [-0.25, -0.2) is 22.7 Å². The van der Waals surface area contributed by atoms with E-state index in [9.17, 15) is 8.42 Å². The highest BCUT2D eigenvalue weighted by Crippen LogP contribution is 2.26. The summed E-state index contributed by atoms with van der Waals surface area (Å²) in [5, 5.41) is 2.73. The van der Waals surface area contributed by atoms with Gasteiger partial charge in [0, 0.05) is 23.7 Å². The van der Waals surface area contributed by atoms with Gasteiger partial charge in [0.1, 0.15) is 11.3 Å². The molecule has 0 atom stereocenters. The first-order chi connectivity index (χ1) is 10.6. The number of benzene rings is 1. The molecular weight excluding hydrogens is 322 g/mol. The molecule has 0 amide bonds. The van der Waals surface area contributed by atoms with Crippen LogP contribution in [0.2, 0.25) is 0 Å². The molecule has 0 radical (unpaired) electrons. The maximum absolute atomic E-state index is 12.7. The van der Waals surface area contributed by atoms with Crippen molar-refractivity contribution < 1.29 is 12.8 Å². The molecule has 0 spiro atoms. The molecule has 0 saturated heterocycles. The second-order valence-corrected chi connectivity index (χ2v) is 7.10. The summed E-state index contributed by atoms with van der Waals surface area (Å²) in [4.78, 5) is 8.30. The highest BCUT2D eigenvalue weighted by atomic mass is 32.2. The SMILES string of the molecule is CCN(c1ncco1)S(=O)(=O)c1ccc(-c2nccs2)cc1. The number of aromatic nitrogens is 2. The van der Waals surface area contributed by atoms with Crippen LogP contribution in [0.3, 0.4) is 0 Å². The third-order valence-corrected chi connectivity index (χ3v) is 5.73. The van der Waals surface area contributed by atoms with Crippen LogP contribution in [0.4, 0.5) is 6.01 Å². The summed E-state index contributed by atoms with van der Waals surface area (Å²) < 4.78 is 31.6. The van der Waals surface area contributed by atoms with Crippen LogP contribution in [0.15, 0.2) is 57.6 Å². The van der Waals surface area contributed by atoms with Crippen LogP contribution in [0.1, 0.15) is 6.92 Å². The molecule has 6 nitrogen and oxygen atoms in total. The van der Waals surface area contributed by atoms with Gasteiger partial charge in [0.2, 0.25) is 0 Å². The molecular formula is C14H13N3O3S2. The molecule has 0 fully saturated rings. The Bertz CT molecular complexity index is 826. The first-order valence-corrected chi connectivity index (χ1v) is 8.87. The fourth-order valence-corrected chi connectivity index (χ4v) is 4.02. The average molecular weight is 335 g/mol. The van der Waals surface area contributed by atoms with Crippen molar-refractivity contribution in [2.24, 2.45) is 0 Å². The van der Waals surface area contributed by atoms with E-state index < -0.39 is 10.0 Å². The van der Waals surface area contributed by atoms with E-state index in [4.69, 9.17) is 4.42 Å². The van der Waals surface area contributed by atoms with Crippen molar-refractivity contribution in [1.82, 2.24) is 9.97 Å². The molecule has 3 aromatic rings. The number of hydrogen-bond acceptors (Lipinski definition) is 6. The molecule has 8 heteroatoms. The van der Waals surface area contributed by atoms with Crippen LogP contribution in [-0.2, 0) is 10.0 Å². The van der Waals surface area contributed by atoms with E-state index in [0.717, 1.165) is 14.9 Å². The van der Waals surface area contributed by atoms with E-state index in [1.165, 1.54) is 23.8 Å². The Morgan fingerprint density at radius 1 is 1.18 bits per heavy atom. The lowest BCUT2D eigenvalue weighted by Crippen LogP contribution is -2.31. The third kappa shape index (κ3) is 2.62. The number of hydrogen-bond donors (Lipinski definition) is 0. The monoisotopic (exact) mass is 335 g/mol. The minimum absolute atomic E-state index is 0.0616. The van der Waals surface area contributed by atoms with Gasteiger partial charge < -0.3 is 4.42 Å². The molecule has 0 saturated carbocycles. The fourth-order valence-electron chi connectivity index (χ4n) is 2.01. The molecule has 3 rings (SSSR count). The summed E-state index contributed by atoms with van der Waals surface area (Å²) >= 11 is 1.50. The van der Waals surface area contributed by atoms with E-state index in [1.54, 1.807) is 37.4 Å². The van der Waals surface area contributed by atoms with E-state index in [-0.39, 0.29) is 17.5 Å². The summed E-state index contributed by atoms with van der Waals surface area (Å²) in [6, 6.07) is 6.69. The Morgan fingerprint density at radius 3 is 2.50 bits per heavy atom. The van der Waals surface area contributed by atoms with Gasteiger partial charge in [0.15, 0.2) is 0 Å². The van der Waals surface area contributed by atoms with Crippen molar-refractivity contribution in [2.45, 2.75) is 11.8 Å². The quantitative estimate of drug-likeness (QED) is 0.716. The van der Waals surface area contributed by atoms with Crippen molar-refractivity contribution in [1.29, 1.82) is 0 Å². The maximum atomic E-state index is 12.7. The van der Waals surface area contributed by atoms with Crippen LogP contribution in [-0.4, -0.2) is 24.9 Å². The summed E-state index contributed by atoms with van der Waals surface area (Å²) in [5.74, 6) is 0. The van der Waals surface area contributed by atoms with Gasteiger partial charge in [0.25, 0.3) is 10.0 Å². The van der Waals surface area contributed by atoms with Gasteiger partial charge in [-0.3, -0.25) is 0 Å². The van der Waals surface area contributed by atoms with Gasteiger partial charge in [0.05, 0.1) is 11.1 Å². The Hall–Kier alpha value is -2.19. The molecule has 2 aromatic heterocycles. The second-order valence-electron chi connectivity index (χ2n) is 4.35. The lowest BCUT2D eigenvalue weighted by atomic mass is 10.2. The number of rotatable bonds is 5. The topological polar surface area (TPSA) is 76.3 Å². The van der Waals surface area contributed by atoms with Gasteiger partial charge in [-0.1, -0.05) is 12.1 Å². The number of thiazole rings is 1. The minimum Gasteiger partial charge on any atom is -0.431 e. The summed E-state index contributed by atoms with van der Waals surface area (Å²) in [5.41, 5.74) is 0.883. The van der Waals surface area contributed by atoms with E-state index >= 15 is 0 Å². The Labute approximate surface area is 132 Å². The van der Waals surface area contributed by atoms with E-state index in [2.05, 4.69) is 9.97 Å². The van der Waals surface area contributed by atoms with E-state index in [0.29, 0.717) is 0 Å². The van der Waals surface area contributed by atoms with Crippen LogP contribution < -0.4 is 4.31 Å². The average Bonchev–Trinajstić information content (AvgIpc) is 3.21. The first-order valence-electron chi connectivity index (χ1n) is 6.55.